The molecule has 1 aliphatic heterocycles. The van der Waals surface area contributed by atoms with Crippen LogP contribution in [0.25, 0.3) is 0 Å². The van der Waals surface area contributed by atoms with E-state index in [1.165, 1.54) is 4.90 Å². The zero-order valence-electron chi connectivity index (χ0n) is 16.4. The van der Waals surface area contributed by atoms with Gasteiger partial charge in [-0.05, 0) is 30.3 Å². The summed E-state index contributed by atoms with van der Waals surface area (Å²) < 4.78 is 5.18. The molecule has 1 aromatic carbocycles. The van der Waals surface area contributed by atoms with E-state index in [1.54, 1.807) is 7.11 Å². The third-order valence-corrected chi connectivity index (χ3v) is 4.96. The molecule has 1 fully saturated rings. The monoisotopic (exact) mass is 394 g/mol. The smallest absolute Gasteiger partial charge is 0.274 e. The summed E-state index contributed by atoms with van der Waals surface area (Å²) in [5.74, 6) is 3.32. The molecule has 0 saturated carbocycles. The zero-order valence-corrected chi connectivity index (χ0v) is 16.4. The number of H-pyrrole nitrogens is 1. The molecule has 5 N–H and O–H groups in total. The normalized spacial score (nSPS) is 14.6. The number of nitrogen functional groups attached to an aromatic ring is 1. The Morgan fingerprint density at radius 1 is 1.10 bits per heavy atom. The fraction of sp³-hybridized carbons (Fsp3) is 0.300. The summed E-state index contributed by atoms with van der Waals surface area (Å²) in [7, 11) is 1.64. The number of piperazine rings is 1. The van der Waals surface area contributed by atoms with Crippen LogP contribution in [0.5, 0.6) is 5.75 Å². The third kappa shape index (κ3) is 4.88. The summed E-state index contributed by atoms with van der Waals surface area (Å²) in [6.45, 7) is 4.70. The first-order valence-electron chi connectivity index (χ1n) is 9.66. The lowest BCUT2D eigenvalue weighted by Gasteiger charge is -2.27. The lowest BCUT2D eigenvalue weighted by atomic mass is 10.3. The van der Waals surface area contributed by atoms with E-state index in [0.717, 1.165) is 50.0 Å². The average molecular weight is 394 g/mol. The number of hydrogen-bond acceptors (Lipinski definition) is 7. The number of ether oxygens (including phenoxy) is 1. The van der Waals surface area contributed by atoms with Gasteiger partial charge in [0.2, 0.25) is 11.9 Å². The van der Waals surface area contributed by atoms with Crippen molar-refractivity contribution in [3.63, 3.8) is 0 Å². The fourth-order valence-corrected chi connectivity index (χ4v) is 3.42. The first kappa shape index (κ1) is 18.9. The Morgan fingerprint density at radius 3 is 2.59 bits per heavy atom. The van der Waals surface area contributed by atoms with E-state index in [2.05, 4.69) is 42.3 Å². The molecule has 150 valence electrons. The fourth-order valence-electron chi connectivity index (χ4n) is 3.42. The Kier molecular flexibility index (Phi) is 5.66. The second kappa shape index (κ2) is 8.70. The van der Waals surface area contributed by atoms with E-state index in [4.69, 9.17) is 10.5 Å². The maximum absolute atomic E-state index is 5.92. The molecule has 3 heterocycles. The molecule has 0 atom stereocenters. The van der Waals surface area contributed by atoms with Crippen LogP contribution in [0.4, 0.5) is 23.4 Å². The van der Waals surface area contributed by atoms with E-state index < -0.39 is 0 Å². The molecule has 4 rings (SSSR count). The van der Waals surface area contributed by atoms with Crippen molar-refractivity contribution in [3.05, 3.63) is 54.5 Å². The Balaban J connectivity index is 1.38. The summed E-state index contributed by atoms with van der Waals surface area (Å²) in [6, 6.07) is 13.7. The number of quaternary nitrogens is 1. The standard InChI is InChI=1S/C20H24N8O/c1-29-16-7-5-15(6-8-16)23-20-25-17(24-19(21)26-20)14-27-10-12-28(13-11-27)18-4-2-3-9-22-18/h2-9H,10-14H2,1H3,(H3,21,23,24,25,26)/p+2. The van der Waals surface area contributed by atoms with Crippen molar-refractivity contribution in [1.29, 1.82) is 0 Å². The van der Waals surface area contributed by atoms with Crippen molar-refractivity contribution in [2.75, 3.05) is 49.2 Å². The minimum atomic E-state index is 0.225. The van der Waals surface area contributed by atoms with Gasteiger partial charge in [-0.2, -0.15) is 15.0 Å². The number of aromatic nitrogens is 4. The van der Waals surface area contributed by atoms with Crippen LogP contribution in [0.15, 0.2) is 48.7 Å². The number of rotatable bonds is 6. The van der Waals surface area contributed by atoms with Crippen molar-refractivity contribution in [3.8, 4) is 5.75 Å². The van der Waals surface area contributed by atoms with Gasteiger partial charge in [0.25, 0.3) is 5.82 Å². The summed E-state index contributed by atoms with van der Waals surface area (Å²) in [6.07, 6.45) is 1.96. The highest BCUT2D eigenvalue weighted by Crippen LogP contribution is 2.18. The Hall–Kier alpha value is -3.46. The van der Waals surface area contributed by atoms with Crippen LogP contribution in [0, 0.1) is 0 Å². The lowest BCUT2D eigenvalue weighted by Crippen LogP contribution is -3.13. The highest BCUT2D eigenvalue weighted by Gasteiger charge is 2.26. The second-order valence-electron chi connectivity index (χ2n) is 6.95. The van der Waals surface area contributed by atoms with Gasteiger partial charge >= 0.3 is 0 Å². The highest BCUT2D eigenvalue weighted by atomic mass is 16.5. The van der Waals surface area contributed by atoms with E-state index in [1.807, 2.05) is 36.5 Å². The van der Waals surface area contributed by atoms with E-state index in [-0.39, 0.29) is 5.95 Å². The molecule has 1 saturated heterocycles. The van der Waals surface area contributed by atoms with Crippen molar-refractivity contribution in [2.45, 2.75) is 6.54 Å². The van der Waals surface area contributed by atoms with Crippen LogP contribution in [0.2, 0.25) is 0 Å². The molecule has 0 unspecified atom stereocenters. The van der Waals surface area contributed by atoms with Gasteiger partial charge in [0.15, 0.2) is 5.82 Å². The number of hydrogen-bond donors (Lipinski definition) is 3. The summed E-state index contributed by atoms with van der Waals surface area (Å²) in [5.41, 5.74) is 6.78. The maximum atomic E-state index is 5.92. The number of nitrogens with two attached hydrogens (primary N) is 1. The minimum absolute atomic E-state index is 0.225. The largest absolute Gasteiger partial charge is 0.497 e. The van der Waals surface area contributed by atoms with Gasteiger partial charge in [-0.15, -0.1) is 0 Å². The van der Waals surface area contributed by atoms with Gasteiger partial charge in [0.05, 0.1) is 13.3 Å². The summed E-state index contributed by atoms with van der Waals surface area (Å²) in [5, 5.41) is 3.18. The molecule has 0 aliphatic carbocycles. The molecule has 2 aromatic heterocycles. The second-order valence-corrected chi connectivity index (χ2v) is 6.95. The lowest BCUT2D eigenvalue weighted by molar-refractivity contribution is -0.915. The van der Waals surface area contributed by atoms with E-state index in [9.17, 15) is 0 Å². The van der Waals surface area contributed by atoms with Crippen LogP contribution in [0.1, 0.15) is 5.82 Å². The molecule has 29 heavy (non-hydrogen) atoms. The van der Waals surface area contributed by atoms with Crippen molar-refractivity contribution < 1.29 is 14.6 Å². The first-order chi connectivity index (χ1) is 14.2. The average Bonchev–Trinajstić information content (AvgIpc) is 2.75. The maximum Gasteiger partial charge on any atom is 0.274 e. The highest BCUT2D eigenvalue weighted by molar-refractivity contribution is 5.55. The number of aromatic amines is 1. The number of nitrogens with one attached hydrogen (secondary N) is 3. The van der Waals surface area contributed by atoms with Gasteiger partial charge in [0, 0.05) is 11.8 Å². The minimum Gasteiger partial charge on any atom is -0.497 e. The number of anilines is 4. The van der Waals surface area contributed by atoms with Crippen molar-refractivity contribution in [1.82, 2.24) is 15.0 Å². The molecule has 0 amide bonds. The number of pyridine rings is 1. The number of nitrogens with zero attached hydrogens (tertiary/aromatic N) is 4. The zero-order chi connectivity index (χ0) is 20.1. The van der Waals surface area contributed by atoms with Crippen LogP contribution < -0.4 is 30.6 Å². The molecule has 0 spiro atoms. The topological polar surface area (TPSA) is 108 Å². The first-order valence-corrected chi connectivity index (χ1v) is 9.66. The molecular formula is C20H26N8O+2. The summed E-state index contributed by atoms with van der Waals surface area (Å²) >= 11 is 0. The summed E-state index contributed by atoms with van der Waals surface area (Å²) in [4.78, 5) is 20.2. The number of methoxy groups -OCH3 is 1. The molecule has 0 radical (unpaired) electrons. The molecule has 3 aromatic rings. The van der Waals surface area contributed by atoms with Crippen LogP contribution in [-0.2, 0) is 6.54 Å². The third-order valence-electron chi connectivity index (χ3n) is 4.96. The molecule has 0 bridgehead atoms. The molecule has 1 aliphatic rings. The van der Waals surface area contributed by atoms with Crippen LogP contribution >= 0.6 is 0 Å². The SMILES string of the molecule is COc1ccc(Nc2nc(N)nc(C[NH+]3CCN(c4cccc[nH+]4)CC3)n2)cc1. The van der Waals surface area contributed by atoms with Gasteiger partial charge < -0.3 is 20.7 Å². The predicted molar refractivity (Wildman–Crippen MR) is 110 cm³/mol. The van der Waals surface area contributed by atoms with Gasteiger partial charge in [-0.25, -0.2) is 4.98 Å². The van der Waals surface area contributed by atoms with Crippen LogP contribution in [0.3, 0.4) is 0 Å². The van der Waals surface area contributed by atoms with Gasteiger partial charge in [-0.3, -0.25) is 4.90 Å². The van der Waals surface area contributed by atoms with E-state index >= 15 is 0 Å². The Bertz CT molecular complexity index is 927. The Morgan fingerprint density at radius 2 is 1.90 bits per heavy atom. The Labute approximate surface area is 169 Å². The van der Waals surface area contributed by atoms with Crippen molar-refractivity contribution >= 4 is 23.4 Å². The van der Waals surface area contributed by atoms with Crippen LogP contribution in [-0.4, -0.2) is 48.2 Å². The quantitative estimate of drug-likeness (QED) is 0.537. The van der Waals surface area contributed by atoms with Gasteiger partial charge in [-0.1, -0.05) is 6.07 Å². The molecule has 9 nitrogen and oxygen atoms in total. The predicted octanol–water partition coefficient (Wildman–Crippen LogP) is -0.0748. The van der Waals surface area contributed by atoms with Gasteiger partial charge in [0.1, 0.15) is 38.5 Å². The molecular weight excluding hydrogens is 368 g/mol. The van der Waals surface area contributed by atoms with E-state index in [0.29, 0.717) is 11.8 Å². The van der Waals surface area contributed by atoms with Crippen molar-refractivity contribution in [2.24, 2.45) is 0 Å². The molecule has 9 heteroatoms. The number of benzene rings is 1.